The van der Waals surface area contributed by atoms with Gasteiger partial charge in [-0.25, -0.2) is 0 Å². The lowest BCUT2D eigenvalue weighted by Gasteiger charge is -2.29. The van der Waals surface area contributed by atoms with Gasteiger partial charge in [-0.1, -0.05) is 6.92 Å². The molecular weight excluding hydrogens is 254 g/mol. The Kier molecular flexibility index (Phi) is 3.41. The zero-order valence-electron chi connectivity index (χ0n) is 9.84. The molecule has 5 nitrogen and oxygen atoms in total. The van der Waals surface area contributed by atoms with Gasteiger partial charge in [0.25, 0.3) is 0 Å². The van der Waals surface area contributed by atoms with E-state index in [9.17, 15) is 20.1 Å². The quantitative estimate of drug-likeness (QED) is 0.674. The normalized spacial score (nSPS) is 27.3. The van der Waals surface area contributed by atoms with Crippen LogP contribution in [0.5, 0.6) is 11.5 Å². The number of aliphatic carboxylic acids is 1. The van der Waals surface area contributed by atoms with E-state index in [1.165, 1.54) is 30.0 Å². The topological polar surface area (TPSA) is 92.6 Å². The van der Waals surface area contributed by atoms with Crippen LogP contribution in [0.3, 0.4) is 0 Å². The molecule has 1 saturated heterocycles. The molecule has 0 aromatic heterocycles. The SMILES string of the molecule is CCC1(c2cc(O)ccc2O)NC(C(=O)[O-])CS1. The molecule has 2 rings (SSSR count). The van der Waals surface area contributed by atoms with Gasteiger partial charge in [-0.15, -0.1) is 11.8 Å². The predicted molar refractivity (Wildman–Crippen MR) is 66.1 cm³/mol. The molecular formula is C12H14NO4S-. The van der Waals surface area contributed by atoms with Crippen molar-refractivity contribution in [3.63, 3.8) is 0 Å². The molecule has 2 atom stereocenters. The summed E-state index contributed by atoms with van der Waals surface area (Å²) in [5.41, 5.74) is 0.499. The highest BCUT2D eigenvalue weighted by Crippen LogP contribution is 2.46. The smallest absolute Gasteiger partial charge is 0.121 e. The number of hydrogen-bond donors (Lipinski definition) is 3. The largest absolute Gasteiger partial charge is 0.548 e. The van der Waals surface area contributed by atoms with Gasteiger partial charge in [0.2, 0.25) is 0 Å². The Bertz CT molecular complexity index is 479. The van der Waals surface area contributed by atoms with Crippen molar-refractivity contribution in [2.24, 2.45) is 0 Å². The van der Waals surface area contributed by atoms with Gasteiger partial charge >= 0.3 is 0 Å². The summed E-state index contributed by atoms with van der Waals surface area (Å²) in [6.45, 7) is 1.89. The number of carbonyl (C=O) groups excluding carboxylic acids is 1. The third-order valence-electron chi connectivity index (χ3n) is 3.10. The average molecular weight is 268 g/mol. The summed E-state index contributed by atoms with van der Waals surface area (Å²) in [5, 5.41) is 33.3. The van der Waals surface area contributed by atoms with Crippen LogP contribution >= 0.6 is 11.8 Å². The van der Waals surface area contributed by atoms with E-state index < -0.39 is 16.9 Å². The Morgan fingerprint density at radius 2 is 2.33 bits per heavy atom. The lowest BCUT2D eigenvalue weighted by atomic mass is 10.0. The molecule has 18 heavy (non-hydrogen) atoms. The Labute approximate surface area is 109 Å². The van der Waals surface area contributed by atoms with E-state index in [2.05, 4.69) is 5.32 Å². The molecule has 0 amide bonds. The number of rotatable bonds is 3. The molecule has 3 N–H and O–H groups in total. The fourth-order valence-electron chi connectivity index (χ4n) is 2.11. The maximum Gasteiger partial charge on any atom is 0.121 e. The van der Waals surface area contributed by atoms with Gasteiger partial charge in [0.05, 0.1) is 16.9 Å². The second kappa shape index (κ2) is 4.70. The van der Waals surface area contributed by atoms with Crippen LogP contribution in [0.4, 0.5) is 0 Å². The molecule has 2 unspecified atom stereocenters. The number of carboxylic acids is 1. The monoisotopic (exact) mass is 268 g/mol. The number of carboxylic acid groups (broad SMARTS) is 1. The number of phenolic OH excluding ortho intramolecular Hbond substituents is 2. The minimum atomic E-state index is -1.16. The molecule has 1 aliphatic rings. The zero-order chi connectivity index (χ0) is 13.3. The summed E-state index contributed by atoms with van der Waals surface area (Å²) in [5.74, 6) is -0.716. The Hall–Kier alpha value is -1.40. The summed E-state index contributed by atoms with van der Waals surface area (Å²) >= 11 is 1.40. The van der Waals surface area contributed by atoms with Crippen LogP contribution in [0.1, 0.15) is 18.9 Å². The molecule has 0 saturated carbocycles. The van der Waals surface area contributed by atoms with Crippen LogP contribution in [0.15, 0.2) is 18.2 Å². The van der Waals surface area contributed by atoms with Crippen molar-refractivity contribution < 1.29 is 20.1 Å². The molecule has 0 aliphatic carbocycles. The van der Waals surface area contributed by atoms with E-state index in [0.717, 1.165) is 0 Å². The summed E-state index contributed by atoms with van der Waals surface area (Å²) < 4.78 is 0. The molecule has 1 fully saturated rings. The highest BCUT2D eigenvalue weighted by molar-refractivity contribution is 8.00. The van der Waals surface area contributed by atoms with Crippen molar-refractivity contribution in [1.29, 1.82) is 0 Å². The van der Waals surface area contributed by atoms with E-state index in [4.69, 9.17) is 0 Å². The summed E-state index contributed by atoms with van der Waals surface area (Å²) in [6, 6.07) is 3.49. The second-order valence-electron chi connectivity index (χ2n) is 4.21. The van der Waals surface area contributed by atoms with E-state index in [1.54, 1.807) is 0 Å². The second-order valence-corrected chi connectivity index (χ2v) is 5.53. The summed E-state index contributed by atoms with van der Waals surface area (Å²) in [7, 11) is 0. The Morgan fingerprint density at radius 1 is 1.61 bits per heavy atom. The minimum Gasteiger partial charge on any atom is -0.548 e. The highest BCUT2D eigenvalue weighted by atomic mass is 32.2. The molecule has 1 aromatic rings. The molecule has 1 aromatic carbocycles. The van der Waals surface area contributed by atoms with Crippen molar-refractivity contribution in [1.82, 2.24) is 5.32 Å². The van der Waals surface area contributed by atoms with Crippen molar-refractivity contribution >= 4 is 17.7 Å². The first-order chi connectivity index (χ1) is 8.48. The van der Waals surface area contributed by atoms with Gasteiger partial charge in [0.15, 0.2) is 0 Å². The van der Waals surface area contributed by atoms with E-state index in [0.29, 0.717) is 17.7 Å². The molecule has 1 aliphatic heterocycles. The number of hydrogen-bond acceptors (Lipinski definition) is 6. The number of benzene rings is 1. The fraction of sp³-hybridized carbons (Fsp3) is 0.417. The Morgan fingerprint density at radius 3 is 2.89 bits per heavy atom. The van der Waals surface area contributed by atoms with Crippen LogP contribution in [-0.4, -0.2) is 28.0 Å². The molecule has 0 radical (unpaired) electrons. The maximum atomic E-state index is 10.9. The lowest BCUT2D eigenvalue weighted by molar-refractivity contribution is -0.307. The van der Waals surface area contributed by atoms with Crippen molar-refractivity contribution in [2.75, 3.05) is 5.75 Å². The number of thioether (sulfide) groups is 1. The average Bonchev–Trinajstić information content (AvgIpc) is 2.78. The standard InChI is InChI=1S/C12H15NO4S/c1-2-12(13-9(6-18-12)11(16)17)8-5-7(14)3-4-10(8)15/h3-5,9,13-15H,2,6H2,1H3,(H,16,17)/p-1. The van der Waals surface area contributed by atoms with Crippen LogP contribution < -0.4 is 10.4 Å². The third-order valence-corrected chi connectivity index (χ3v) is 4.72. The molecule has 1 heterocycles. The molecule has 98 valence electrons. The van der Waals surface area contributed by atoms with Crippen LogP contribution in [0, 0.1) is 0 Å². The lowest BCUT2D eigenvalue weighted by Crippen LogP contribution is -2.48. The summed E-state index contributed by atoms with van der Waals surface area (Å²) in [6.07, 6.45) is 0.582. The fourth-order valence-corrected chi connectivity index (χ4v) is 3.53. The minimum absolute atomic E-state index is 0.0358. The predicted octanol–water partition coefficient (Wildman–Crippen LogP) is 0.115. The van der Waals surface area contributed by atoms with Gasteiger partial charge < -0.3 is 20.1 Å². The van der Waals surface area contributed by atoms with E-state index in [-0.39, 0.29) is 11.5 Å². The van der Waals surface area contributed by atoms with Crippen LogP contribution in [-0.2, 0) is 9.67 Å². The van der Waals surface area contributed by atoms with Gasteiger partial charge in [-0.2, -0.15) is 0 Å². The molecule has 0 bridgehead atoms. The molecule has 6 heteroatoms. The van der Waals surface area contributed by atoms with Gasteiger partial charge in [0, 0.05) is 11.3 Å². The molecule has 0 spiro atoms. The number of nitrogens with one attached hydrogen (secondary N) is 1. The van der Waals surface area contributed by atoms with Gasteiger partial charge in [-0.05, 0) is 24.6 Å². The van der Waals surface area contributed by atoms with Crippen molar-refractivity contribution in [3.8, 4) is 11.5 Å². The Balaban J connectivity index is 2.39. The number of aromatic hydroxyl groups is 2. The number of phenols is 2. The van der Waals surface area contributed by atoms with Crippen molar-refractivity contribution in [3.05, 3.63) is 23.8 Å². The van der Waals surface area contributed by atoms with Crippen molar-refractivity contribution in [2.45, 2.75) is 24.3 Å². The highest BCUT2D eigenvalue weighted by Gasteiger charge is 2.41. The van der Waals surface area contributed by atoms with E-state index >= 15 is 0 Å². The summed E-state index contributed by atoms with van der Waals surface area (Å²) in [4.78, 5) is 10.2. The van der Waals surface area contributed by atoms with Crippen LogP contribution in [0.25, 0.3) is 0 Å². The third kappa shape index (κ3) is 2.13. The number of carbonyl (C=O) groups is 1. The first-order valence-electron chi connectivity index (χ1n) is 5.63. The van der Waals surface area contributed by atoms with Crippen LogP contribution in [0.2, 0.25) is 0 Å². The first kappa shape index (κ1) is 13.0. The van der Waals surface area contributed by atoms with Gasteiger partial charge in [0.1, 0.15) is 11.5 Å². The first-order valence-corrected chi connectivity index (χ1v) is 6.62. The van der Waals surface area contributed by atoms with E-state index in [1.807, 2.05) is 6.92 Å². The maximum absolute atomic E-state index is 10.9. The zero-order valence-corrected chi connectivity index (χ0v) is 10.7. The van der Waals surface area contributed by atoms with Gasteiger partial charge in [-0.3, -0.25) is 5.32 Å².